The molecule has 0 unspecified atom stereocenters. The van der Waals surface area contributed by atoms with Crippen LogP contribution in [0.3, 0.4) is 0 Å². The standard InChI is InChI=1S/C20H24FN3O2/c21-17-5-3-6-18(23-9-1-2-10-23)16(17)13-22-20(25)24-11-4-7-19-15(14-24)8-12-26-19/h3,5-6,8,12H,1-2,4,7,9-11,13-14H2,(H,22,25). The minimum atomic E-state index is -0.261. The Labute approximate surface area is 152 Å². The Balaban J connectivity index is 1.45. The fourth-order valence-electron chi connectivity index (χ4n) is 3.87. The number of carbonyl (C=O) groups excluding carboxylic acids is 1. The predicted molar refractivity (Wildman–Crippen MR) is 97.5 cm³/mol. The molecule has 5 nitrogen and oxygen atoms in total. The third kappa shape index (κ3) is 3.41. The van der Waals surface area contributed by atoms with Crippen molar-refractivity contribution in [2.24, 2.45) is 0 Å². The molecule has 0 atom stereocenters. The molecule has 2 amide bonds. The van der Waals surface area contributed by atoms with Crippen molar-refractivity contribution < 1.29 is 13.6 Å². The number of benzene rings is 1. The molecular weight excluding hydrogens is 333 g/mol. The Hall–Kier alpha value is -2.50. The summed E-state index contributed by atoms with van der Waals surface area (Å²) in [6.07, 6.45) is 5.64. The zero-order chi connectivity index (χ0) is 17.9. The van der Waals surface area contributed by atoms with Crippen LogP contribution >= 0.6 is 0 Å². The molecule has 1 aromatic heterocycles. The van der Waals surface area contributed by atoms with Gasteiger partial charge in [0.25, 0.3) is 0 Å². The minimum absolute atomic E-state index is 0.158. The van der Waals surface area contributed by atoms with Crippen LogP contribution in [0.5, 0.6) is 0 Å². The number of nitrogens with one attached hydrogen (secondary N) is 1. The van der Waals surface area contributed by atoms with E-state index in [0.717, 1.165) is 55.8 Å². The van der Waals surface area contributed by atoms with E-state index in [9.17, 15) is 9.18 Å². The van der Waals surface area contributed by atoms with Crippen LogP contribution < -0.4 is 10.2 Å². The Kier molecular flexibility index (Phi) is 4.82. The van der Waals surface area contributed by atoms with Crippen LogP contribution in [0.25, 0.3) is 0 Å². The molecule has 2 aliphatic rings. The number of urea groups is 1. The van der Waals surface area contributed by atoms with Crippen LogP contribution in [0.1, 0.15) is 36.1 Å². The number of furan rings is 1. The van der Waals surface area contributed by atoms with Crippen LogP contribution in [-0.2, 0) is 19.5 Å². The molecule has 2 aliphatic heterocycles. The topological polar surface area (TPSA) is 48.7 Å². The van der Waals surface area contributed by atoms with E-state index in [4.69, 9.17) is 4.42 Å². The van der Waals surface area contributed by atoms with Crippen molar-refractivity contribution >= 4 is 11.7 Å². The van der Waals surface area contributed by atoms with E-state index in [1.54, 1.807) is 17.2 Å². The highest BCUT2D eigenvalue weighted by molar-refractivity contribution is 5.74. The lowest BCUT2D eigenvalue weighted by Gasteiger charge is -2.24. The van der Waals surface area contributed by atoms with E-state index in [1.807, 2.05) is 12.1 Å². The smallest absolute Gasteiger partial charge is 0.317 e. The normalized spacial score (nSPS) is 17.1. The summed E-state index contributed by atoms with van der Waals surface area (Å²) >= 11 is 0. The van der Waals surface area contributed by atoms with Crippen molar-refractivity contribution in [1.82, 2.24) is 10.2 Å². The van der Waals surface area contributed by atoms with Gasteiger partial charge in [0.15, 0.2) is 0 Å². The Morgan fingerprint density at radius 1 is 1.15 bits per heavy atom. The largest absolute Gasteiger partial charge is 0.469 e. The molecule has 138 valence electrons. The second-order valence-electron chi connectivity index (χ2n) is 6.98. The molecule has 0 bridgehead atoms. The van der Waals surface area contributed by atoms with Gasteiger partial charge in [-0.15, -0.1) is 0 Å². The number of nitrogens with zero attached hydrogens (tertiary/aromatic N) is 2. The maximum Gasteiger partial charge on any atom is 0.317 e. The number of hydrogen-bond donors (Lipinski definition) is 1. The molecule has 0 aliphatic carbocycles. The highest BCUT2D eigenvalue weighted by Gasteiger charge is 2.22. The summed E-state index contributed by atoms with van der Waals surface area (Å²) < 4.78 is 19.9. The van der Waals surface area contributed by atoms with Crippen molar-refractivity contribution in [3.63, 3.8) is 0 Å². The maximum atomic E-state index is 14.4. The summed E-state index contributed by atoms with van der Waals surface area (Å²) in [5, 5.41) is 2.91. The van der Waals surface area contributed by atoms with Crippen molar-refractivity contribution in [3.05, 3.63) is 53.2 Å². The summed E-state index contributed by atoms with van der Waals surface area (Å²) in [6, 6.07) is 6.91. The van der Waals surface area contributed by atoms with E-state index in [0.29, 0.717) is 18.7 Å². The van der Waals surface area contributed by atoms with Crippen molar-refractivity contribution in [3.8, 4) is 0 Å². The zero-order valence-corrected chi connectivity index (χ0v) is 14.8. The van der Waals surface area contributed by atoms with Gasteiger partial charge in [0.05, 0.1) is 12.8 Å². The first-order valence-electron chi connectivity index (χ1n) is 9.33. The third-order valence-electron chi connectivity index (χ3n) is 5.28. The van der Waals surface area contributed by atoms with Gasteiger partial charge in [0, 0.05) is 49.4 Å². The minimum Gasteiger partial charge on any atom is -0.469 e. The zero-order valence-electron chi connectivity index (χ0n) is 14.8. The number of fused-ring (bicyclic) bond motifs is 1. The van der Waals surface area contributed by atoms with Crippen molar-refractivity contribution in [2.75, 3.05) is 24.5 Å². The lowest BCUT2D eigenvalue weighted by atomic mass is 10.1. The average Bonchev–Trinajstić information content (AvgIpc) is 3.28. The van der Waals surface area contributed by atoms with Gasteiger partial charge in [-0.2, -0.15) is 0 Å². The predicted octanol–water partition coefficient (Wildman–Crippen LogP) is 3.68. The van der Waals surface area contributed by atoms with Crippen molar-refractivity contribution in [1.29, 1.82) is 0 Å². The molecule has 1 fully saturated rings. The number of anilines is 1. The lowest BCUT2D eigenvalue weighted by molar-refractivity contribution is 0.195. The molecule has 0 radical (unpaired) electrons. The average molecular weight is 357 g/mol. The molecule has 6 heteroatoms. The fourth-order valence-corrected chi connectivity index (χ4v) is 3.87. The monoisotopic (exact) mass is 357 g/mol. The number of aryl methyl sites for hydroxylation is 1. The van der Waals surface area contributed by atoms with E-state index in [-0.39, 0.29) is 18.4 Å². The van der Waals surface area contributed by atoms with Gasteiger partial charge in [0.1, 0.15) is 11.6 Å². The summed E-state index contributed by atoms with van der Waals surface area (Å²) in [6.45, 7) is 3.30. The maximum absolute atomic E-state index is 14.4. The third-order valence-corrected chi connectivity index (χ3v) is 5.28. The first-order chi connectivity index (χ1) is 12.7. The molecule has 0 saturated carbocycles. The number of halogens is 1. The SMILES string of the molecule is O=C(NCc1c(F)cccc1N1CCCC1)N1CCCc2occc2C1. The fraction of sp³-hybridized carbons (Fsp3) is 0.450. The molecule has 0 spiro atoms. The van der Waals surface area contributed by atoms with E-state index >= 15 is 0 Å². The van der Waals surface area contributed by atoms with Gasteiger partial charge in [0.2, 0.25) is 0 Å². The van der Waals surface area contributed by atoms with Gasteiger partial charge < -0.3 is 19.5 Å². The van der Waals surface area contributed by atoms with Gasteiger partial charge in [-0.3, -0.25) is 0 Å². The summed E-state index contributed by atoms with van der Waals surface area (Å²) in [5.74, 6) is 0.702. The first kappa shape index (κ1) is 16.9. The highest BCUT2D eigenvalue weighted by Crippen LogP contribution is 2.27. The van der Waals surface area contributed by atoms with Crippen LogP contribution in [0.4, 0.5) is 14.9 Å². The number of rotatable bonds is 3. The first-order valence-corrected chi connectivity index (χ1v) is 9.33. The number of carbonyl (C=O) groups is 1. The molecule has 3 heterocycles. The second-order valence-corrected chi connectivity index (χ2v) is 6.98. The van der Waals surface area contributed by atoms with Gasteiger partial charge >= 0.3 is 6.03 Å². The van der Waals surface area contributed by atoms with Crippen LogP contribution in [0.15, 0.2) is 34.9 Å². The molecule has 2 aromatic rings. The molecule has 4 rings (SSSR count). The van der Waals surface area contributed by atoms with E-state index < -0.39 is 0 Å². The van der Waals surface area contributed by atoms with Crippen LogP contribution in [-0.4, -0.2) is 30.6 Å². The van der Waals surface area contributed by atoms with Crippen LogP contribution in [0.2, 0.25) is 0 Å². The van der Waals surface area contributed by atoms with E-state index in [1.165, 1.54) is 6.07 Å². The second kappa shape index (κ2) is 7.40. The van der Waals surface area contributed by atoms with Gasteiger partial charge in [-0.05, 0) is 37.5 Å². The molecule has 1 aromatic carbocycles. The number of hydrogen-bond acceptors (Lipinski definition) is 3. The number of amides is 2. The molecule has 1 N–H and O–H groups in total. The Morgan fingerprint density at radius 3 is 2.85 bits per heavy atom. The van der Waals surface area contributed by atoms with Gasteiger partial charge in [-0.1, -0.05) is 6.07 Å². The summed E-state index contributed by atoms with van der Waals surface area (Å²) in [4.78, 5) is 16.6. The Bertz CT molecular complexity index is 783. The highest BCUT2D eigenvalue weighted by atomic mass is 19.1. The van der Waals surface area contributed by atoms with Crippen LogP contribution in [0, 0.1) is 5.82 Å². The van der Waals surface area contributed by atoms with Gasteiger partial charge in [-0.25, -0.2) is 9.18 Å². The Morgan fingerprint density at radius 2 is 2.00 bits per heavy atom. The summed E-state index contributed by atoms with van der Waals surface area (Å²) in [7, 11) is 0. The lowest BCUT2D eigenvalue weighted by Crippen LogP contribution is -2.39. The van der Waals surface area contributed by atoms with Crippen molar-refractivity contribution in [2.45, 2.75) is 38.8 Å². The molecule has 26 heavy (non-hydrogen) atoms. The van der Waals surface area contributed by atoms with E-state index in [2.05, 4.69) is 10.2 Å². The quantitative estimate of drug-likeness (QED) is 0.912. The summed E-state index contributed by atoms with van der Waals surface area (Å²) in [5.41, 5.74) is 2.53. The molecule has 1 saturated heterocycles. The molecular formula is C20H24FN3O2.